The highest BCUT2D eigenvalue weighted by Crippen LogP contribution is 2.35. The summed E-state index contributed by atoms with van der Waals surface area (Å²) in [5, 5.41) is -0.523. The average molecular weight is 262 g/mol. The fourth-order valence-electron chi connectivity index (χ4n) is 1.78. The number of hydrogen-bond donors (Lipinski definition) is 0. The van der Waals surface area contributed by atoms with Crippen LogP contribution >= 0.6 is 11.6 Å². The van der Waals surface area contributed by atoms with Gasteiger partial charge in [0.2, 0.25) is 6.79 Å². The second-order valence-corrected chi connectivity index (χ2v) is 4.15. The average Bonchev–Trinajstić information content (AvgIpc) is 2.86. The molecule has 0 N–H and O–H groups in total. The van der Waals surface area contributed by atoms with Crippen molar-refractivity contribution in [1.29, 1.82) is 0 Å². The molecule has 0 radical (unpaired) electrons. The highest BCUT2D eigenvalue weighted by atomic mass is 35.5. The highest BCUT2D eigenvalue weighted by Gasteiger charge is 2.14. The van der Waals surface area contributed by atoms with Crippen molar-refractivity contribution in [2.45, 2.75) is 0 Å². The fraction of sp³-hybridized carbons (Fsp3) is 0.0769. The predicted octanol–water partition coefficient (Wildman–Crippen LogP) is 2.86. The maximum absolute atomic E-state index is 11.1. The fourth-order valence-corrected chi connectivity index (χ4v) is 1.88. The Bertz CT molecular complexity index is 627. The van der Waals surface area contributed by atoms with Gasteiger partial charge in [-0.2, -0.15) is 0 Å². The number of halogens is 1. The Labute approximate surface area is 108 Å². The summed E-state index contributed by atoms with van der Waals surface area (Å²) in [7, 11) is 0. The molecule has 18 heavy (non-hydrogen) atoms. The van der Waals surface area contributed by atoms with Crippen LogP contribution in [0, 0.1) is 0 Å². The van der Waals surface area contributed by atoms with E-state index in [9.17, 15) is 4.79 Å². The molecule has 90 valence electrons. The molecule has 1 aliphatic rings. The zero-order chi connectivity index (χ0) is 12.5. The number of hydrogen-bond acceptors (Lipinski definition) is 4. The number of fused-ring (bicyclic) bond motifs is 1. The molecule has 4 nitrogen and oxygen atoms in total. The molecule has 2 heterocycles. The molecule has 5 heteroatoms. The molecule has 1 aromatic carbocycles. The molecule has 0 fully saturated rings. The summed E-state index contributed by atoms with van der Waals surface area (Å²) < 4.78 is 10.5. The standard InChI is InChI=1S/C13H8ClNO3/c14-13(16)10-3-9(5-15-6-10)8-1-2-11-12(4-8)18-7-17-11/h1-6H,7H2. The summed E-state index contributed by atoms with van der Waals surface area (Å²) in [4.78, 5) is 15.1. The van der Waals surface area contributed by atoms with Gasteiger partial charge >= 0.3 is 0 Å². The van der Waals surface area contributed by atoms with E-state index in [-0.39, 0.29) is 6.79 Å². The second-order valence-electron chi connectivity index (χ2n) is 3.80. The number of pyridine rings is 1. The Balaban J connectivity index is 2.04. The summed E-state index contributed by atoms with van der Waals surface area (Å²) in [5.74, 6) is 1.41. The Morgan fingerprint density at radius 1 is 1.11 bits per heavy atom. The lowest BCUT2D eigenvalue weighted by molar-refractivity contribution is 0.108. The SMILES string of the molecule is O=C(Cl)c1cncc(-c2ccc3c(c2)OCO3)c1. The smallest absolute Gasteiger partial charge is 0.253 e. The van der Waals surface area contributed by atoms with Crippen LogP contribution in [0.15, 0.2) is 36.7 Å². The van der Waals surface area contributed by atoms with Crippen LogP contribution in [0.1, 0.15) is 10.4 Å². The van der Waals surface area contributed by atoms with Crippen LogP contribution < -0.4 is 9.47 Å². The first kappa shape index (κ1) is 11.0. The number of ether oxygens (including phenoxy) is 2. The molecule has 1 aromatic heterocycles. The molecule has 0 saturated heterocycles. The van der Waals surface area contributed by atoms with Crippen LogP contribution in [0.5, 0.6) is 11.5 Å². The minimum atomic E-state index is -0.523. The van der Waals surface area contributed by atoms with Gasteiger partial charge in [-0.25, -0.2) is 0 Å². The van der Waals surface area contributed by atoms with Crippen molar-refractivity contribution in [2.75, 3.05) is 6.79 Å². The van der Waals surface area contributed by atoms with Gasteiger partial charge in [0.1, 0.15) is 0 Å². The van der Waals surface area contributed by atoms with E-state index in [0.29, 0.717) is 11.3 Å². The zero-order valence-corrected chi connectivity index (χ0v) is 9.98. The highest BCUT2D eigenvalue weighted by molar-refractivity contribution is 6.67. The van der Waals surface area contributed by atoms with E-state index in [1.165, 1.54) is 6.20 Å². The van der Waals surface area contributed by atoms with Crippen LogP contribution in [-0.2, 0) is 0 Å². The molecular formula is C13H8ClNO3. The molecule has 3 rings (SSSR count). The molecule has 0 aliphatic carbocycles. The maximum Gasteiger partial charge on any atom is 0.253 e. The van der Waals surface area contributed by atoms with Gasteiger partial charge in [0.05, 0.1) is 5.56 Å². The summed E-state index contributed by atoms with van der Waals surface area (Å²) in [6, 6.07) is 7.25. The van der Waals surface area contributed by atoms with Gasteiger partial charge in [-0.1, -0.05) is 6.07 Å². The molecule has 0 spiro atoms. The van der Waals surface area contributed by atoms with Gasteiger partial charge in [0.15, 0.2) is 11.5 Å². The van der Waals surface area contributed by atoms with Crippen molar-refractivity contribution >= 4 is 16.8 Å². The van der Waals surface area contributed by atoms with E-state index in [4.69, 9.17) is 21.1 Å². The molecule has 2 aromatic rings. The quantitative estimate of drug-likeness (QED) is 0.780. The lowest BCUT2D eigenvalue weighted by atomic mass is 10.1. The minimum Gasteiger partial charge on any atom is -0.454 e. The molecular weight excluding hydrogens is 254 g/mol. The number of carbonyl (C=O) groups is 1. The zero-order valence-electron chi connectivity index (χ0n) is 9.22. The topological polar surface area (TPSA) is 48.4 Å². The first-order chi connectivity index (χ1) is 8.74. The lowest BCUT2D eigenvalue weighted by Crippen LogP contribution is -1.93. The number of rotatable bonds is 2. The number of aromatic nitrogens is 1. The molecule has 0 bridgehead atoms. The van der Waals surface area contributed by atoms with Crippen molar-refractivity contribution in [1.82, 2.24) is 4.98 Å². The van der Waals surface area contributed by atoms with E-state index < -0.39 is 5.24 Å². The number of nitrogens with zero attached hydrogens (tertiary/aromatic N) is 1. The molecule has 1 aliphatic heterocycles. The molecule has 0 saturated carbocycles. The van der Waals surface area contributed by atoms with Crippen molar-refractivity contribution in [3.05, 3.63) is 42.2 Å². The Morgan fingerprint density at radius 3 is 2.78 bits per heavy atom. The Morgan fingerprint density at radius 2 is 1.94 bits per heavy atom. The van der Waals surface area contributed by atoms with E-state index in [0.717, 1.165) is 16.9 Å². The Hall–Kier alpha value is -2.07. The third kappa shape index (κ3) is 1.91. The summed E-state index contributed by atoms with van der Waals surface area (Å²) in [5.41, 5.74) is 2.07. The normalized spacial score (nSPS) is 12.5. The predicted molar refractivity (Wildman–Crippen MR) is 66.0 cm³/mol. The Kier molecular flexibility index (Phi) is 2.64. The van der Waals surface area contributed by atoms with Gasteiger partial charge in [0, 0.05) is 18.0 Å². The molecule has 0 atom stereocenters. The van der Waals surface area contributed by atoms with Gasteiger partial charge in [-0.05, 0) is 35.4 Å². The lowest BCUT2D eigenvalue weighted by Gasteiger charge is -2.03. The third-order valence-electron chi connectivity index (χ3n) is 2.67. The van der Waals surface area contributed by atoms with Crippen LogP contribution in [0.3, 0.4) is 0 Å². The summed E-state index contributed by atoms with van der Waals surface area (Å²) in [6.07, 6.45) is 3.10. The van der Waals surface area contributed by atoms with Crippen molar-refractivity contribution in [2.24, 2.45) is 0 Å². The van der Waals surface area contributed by atoms with Crippen LogP contribution in [-0.4, -0.2) is 17.0 Å². The van der Waals surface area contributed by atoms with Crippen LogP contribution in [0.4, 0.5) is 0 Å². The largest absolute Gasteiger partial charge is 0.454 e. The second kappa shape index (κ2) is 4.31. The first-order valence-electron chi connectivity index (χ1n) is 5.29. The van der Waals surface area contributed by atoms with E-state index in [1.807, 2.05) is 18.2 Å². The molecule has 0 amide bonds. The van der Waals surface area contributed by atoms with Crippen LogP contribution in [0.2, 0.25) is 0 Å². The van der Waals surface area contributed by atoms with Gasteiger partial charge in [-0.15, -0.1) is 0 Å². The summed E-state index contributed by atoms with van der Waals surface area (Å²) in [6.45, 7) is 0.233. The van der Waals surface area contributed by atoms with Crippen molar-refractivity contribution < 1.29 is 14.3 Å². The van der Waals surface area contributed by atoms with E-state index >= 15 is 0 Å². The van der Waals surface area contributed by atoms with Gasteiger partial charge in [-0.3, -0.25) is 9.78 Å². The monoisotopic (exact) mass is 261 g/mol. The maximum atomic E-state index is 11.1. The van der Waals surface area contributed by atoms with Crippen LogP contribution in [0.25, 0.3) is 11.1 Å². The first-order valence-corrected chi connectivity index (χ1v) is 5.67. The summed E-state index contributed by atoms with van der Waals surface area (Å²) >= 11 is 5.43. The molecule has 0 unspecified atom stereocenters. The third-order valence-corrected chi connectivity index (χ3v) is 2.89. The number of benzene rings is 1. The van der Waals surface area contributed by atoms with Crippen molar-refractivity contribution in [3.8, 4) is 22.6 Å². The van der Waals surface area contributed by atoms with Gasteiger partial charge in [0.25, 0.3) is 5.24 Å². The van der Waals surface area contributed by atoms with Gasteiger partial charge < -0.3 is 9.47 Å². The number of carbonyl (C=O) groups excluding carboxylic acids is 1. The van der Waals surface area contributed by atoms with E-state index in [2.05, 4.69) is 4.98 Å². The van der Waals surface area contributed by atoms with E-state index in [1.54, 1.807) is 12.3 Å². The minimum absolute atomic E-state index is 0.233. The van der Waals surface area contributed by atoms with Crippen molar-refractivity contribution in [3.63, 3.8) is 0 Å².